The van der Waals surface area contributed by atoms with Crippen LogP contribution < -0.4 is 16.0 Å². The molecule has 2 aromatic carbocycles. The van der Waals surface area contributed by atoms with Crippen molar-refractivity contribution in [3.63, 3.8) is 0 Å². The van der Waals surface area contributed by atoms with Crippen molar-refractivity contribution in [1.29, 1.82) is 0 Å². The van der Waals surface area contributed by atoms with Gasteiger partial charge in [-0.3, -0.25) is 4.79 Å². The number of aliphatic hydroxyl groups is 1. The first-order valence-corrected chi connectivity index (χ1v) is 10.7. The molecule has 0 fully saturated rings. The normalized spacial score (nSPS) is 11.6. The number of amides is 1. The van der Waals surface area contributed by atoms with Crippen LogP contribution in [-0.2, 0) is 0 Å². The summed E-state index contributed by atoms with van der Waals surface area (Å²) in [6.45, 7) is 3.40. The fourth-order valence-corrected chi connectivity index (χ4v) is 3.46. The van der Waals surface area contributed by atoms with Crippen molar-refractivity contribution in [3.8, 4) is 11.5 Å². The third kappa shape index (κ3) is 5.02. The molecule has 0 bridgehead atoms. The lowest BCUT2D eigenvalue weighted by atomic mass is 10.1. The van der Waals surface area contributed by atoms with Crippen LogP contribution in [0.4, 0.5) is 17.5 Å². The van der Waals surface area contributed by atoms with Crippen LogP contribution in [0.3, 0.4) is 0 Å². The Labute approximate surface area is 196 Å². The van der Waals surface area contributed by atoms with Crippen LogP contribution in [0, 0.1) is 13.8 Å². The van der Waals surface area contributed by atoms with E-state index in [2.05, 4.69) is 36.1 Å². The first-order valence-electron chi connectivity index (χ1n) is 10.7. The Morgan fingerprint density at radius 3 is 2.56 bits per heavy atom. The first-order chi connectivity index (χ1) is 16.5. The topological polar surface area (TPSA) is 138 Å². The van der Waals surface area contributed by atoms with Crippen molar-refractivity contribution in [3.05, 3.63) is 77.3 Å². The second kappa shape index (κ2) is 10.1. The summed E-state index contributed by atoms with van der Waals surface area (Å²) in [5.74, 6) is 1.27. The molecule has 0 unspecified atom stereocenters. The van der Waals surface area contributed by atoms with Crippen LogP contribution in [0.15, 0.2) is 59.1 Å². The summed E-state index contributed by atoms with van der Waals surface area (Å²) >= 11 is 0. The second-order valence-corrected chi connectivity index (χ2v) is 7.61. The number of nitrogens with zero attached hydrogens (tertiary/aromatic N) is 4. The van der Waals surface area contributed by atoms with Gasteiger partial charge in [-0.25, -0.2) is 4.98 Å². The Bertz CT molecular complexity index is 1290. The number of anilines is 3. The lowest BCUT2D eigenvalue weighted by molar-refractivity contribution is 0.0962. The van der Waals surface area contributed by atoms with Gasteiger partial charge in [0, 0.05) is 31.4 Å². The highest BCUT2D eigenvalue weighted by Gasteiger charge is 2.19. The summed E-state index contributed by atoms with van der Waals surface area (Å²) in [6.07, 6.45) is 1.58. The number of carbonyl (C=O) groups is 1. The monoisotopic (exact) mass is 459 g/mol. The number of aliphatic hydroxyl groups excluding tert-OH is 1. The zero-order chi connectivity index (χ0) is 24.1. The van der Waals surface area contributed by atoms with Crippen molar-refractivity contribution in [2.45, 2.75) is 19.9 Å². The number of nitrogens with one attached hydrogen (secondary N) is 3. The van der Waals surface area contributed by atoms with Gasteiger partial charge < -0.3 is 25.5 Å². The molecule has 0 saturated heterocycles. The van der Waals surface area contributed by atoms with Gasteiger partial charge in [0.15, 0.2) is 0 Å². The Hall–Kier alpha value is -4.31. The molecule has 0 aliphatic rings. The van der Waals surface area contributed by atoms with E-state index in [0.717, 1.165) is 16.8 Å². The minimum atomic E-state index is -0.416. The van der Waals surface area contributed by atoms with Gasteiger partial charge >= 0.3 is 0 Å². The number of hydrogen-bond acceptors (Lipinski definition) is 9. The van der Waals surface area contributed by atoms with Gasteiger partial charge in [-0.1, -0.05) is 30.3 Å². The van der Waals surface area contributed by atoms with Gasteiger partial charge in [0.25, 0.3) is 11.8 Å². The Morgan fingerprint density at radius 1 is 1.12 bits per heavy atom. The zero-order valence-corrected chi connectivity index (χ0v) is 19.0. The van der Waals surface area contributed by atoms with Gasteiger partial charge in [0.1, 0.15) is 5.82 Å². The van der Waals surface area contributed by atoms with Gasteiger partial charge in [-0.2, -0.15) is 4.98 Å². The smallest absolute Gasteiger partial charge is 0.253 e. The number of aromatic nitrogens is 4. The molecule has 2 heterocycles. The molecule has 0 radical (unpaired) electrons. The number of benzene rings is 2. The quantitative estimate of drug-likeness (QED) is 0.312. The summed E-state index contributed by atoms with van der Waals surface area (Å²) in [7, 11) is 1.60. The van der Waals surface area contributed by atoms with Crippen LogP contribution in [0.25, 0.3) is 11.5 Å². The molecular formula is C24H25N7O3. The van der Waals surface area contributed by atoms with E-state index in [0.29, 0.717) is 28.8 Å². The summed E-state index contributed by atoms with van der Waals surface area (Å²) in [5, 5.41) is 27.1. The van der Waals surface area contributed by atoms with Crippen LogP contribution >= 0.6 is 0 Å². The van der Waals surface area contributed by atoms with Gasteiger partial charge in [-0.05, 0) is 36.2 Å². The summed E-state index contributed by atoms with van der Waals surface area (Å²) in [5.41, 5.74) is 3.52. The standard InChI is InChI=1S/C24H25N7O3/c1-14-11-17(9-10-18(14)22(33)25-3)27-24-26-12-19(23-31-30-15(2)34-23)21(29-24)28-20(13-32)16-7-5-4-6-8-16/h4-12,20,32H,13H2,1-3H3,(H,25,33)(H2,26,27,28,29)/t20-/m1/s1. The van der Waals surface area contributed by atoms with E-state index in [1.54, 1.807) is 32.3 Å². The van der Waals surface area contributed by atoms with E-state index in [-0.39, 0.29) is 18.4 Å². The summed E-state index contributed by atoms with van der Waals surface area (Å²) in [4.78, 5) is 21.0. The highest BCUT2D eigenvalue weighted by atomic mass is 16.4. The van der Waals surface area contributed by atoms with Gasteiger partial charge in [0.05, 0.1) is 18.2 Å². The van der Waals surface area contributed by atoms with Crippen molar-refractivity contribution in [2.75, 3.05) is 24.3 Å². The van der Waals surface area contributed by atoms with E-state index in [4.69, 9.17) is 4.42 Å². The summed E-state index contributed by atoms with van der Waals surface area (Å²) in [6, 6.07) is 14.5. The van der Waals surface area contributed by atoms with Crippen LogP contribution in [0.5, 0.6) is 0 Å². The minimum Gasteiger partial charge on any atom is -0.421 e. The SMILES string of the molecule is CNC(=O)c1ccc(Nc2ncc(-c3nnc(C)o3)c(N[C@H](CO)c3ccccc3)n2)cc1C. The molecule has 0 spiro atoms. The Balaban J connectivity index is 1.67. The molecule has 0 aliphatic heterocycles. The molecule has 10 nitrogen and oxygen atoms in total. The predicted molar refractivity (Wildman–Crippen MR) is 128 cm³/mol. The highest BCUT2D eigenvalue weighted by Crippen LogP contribution is 2.30. The zero-order valence-electron chi connectivity index (χ0n) is 19.0. The second-order valence-electron chi connectivity index (χ2n) is 7.61. The van der Waals surface area contributed by atoms with Gasteiger partial charge in [0.2, 0.25) is 11.8 Å². The molecule has 34 heavy (non-hydrogen) atoms. The molecular weight excluding hydrogens is 434 g/mol. The third-order valence-corrected chi connectivity index (χ3v) is 5.19. The maximum atomic E-state index is 12.0. The lowest BCUT2D eigenvalue weighted by Crippen LogP contribution is -2.19. The molecule has 174 valence electrons. The highest BCUT2D eigenvalue weighted by molar-refractivity contribution is 5.95. The summed E-state index contributed by atoms with van der Waals surface area (Å²) < 4.78 is 5.59. The fraction of sp³-hybridized carbons (Fsp3) is 0.208. The van der Waals surface area contributed by atoms with Crippen LogP contribution in [0.1, 0.15) is 33.4 Å². The van der Waals surface area contributed by atoms with E-state index in [1.165, 1.54) is 0 Å². The molecule has 1 atom stereocenters. The number of hydrogen-bond donors (Lipinski definition) is 4. The Morgan fingerprint density at radius 2 is 1.91 bits per heavy atom. The van der Waals surface area contributed by atoms with E-state index < -0.39 is 6.04 Å². The molecule has 2 aromatic heterocycles. The van der Waals surface area contributed by atoms with E-state index in [9.17, 15) is 9.90 Å². The molecule has 0 saturated carbocycles. The molecule has 4 rings (SSSR count). The minimum absolute atomic E-state index is 0.151. The van der Waals surface area contributed by atoms with Crippen molar-refractivity contribution in [2.24, 2.45) is 0 Å². The average Bonchev–Trinajstić information content (AvgIpc) is 3.28. The predicted octanol–water partition coefficient (Wildman–Crippen LogP) is 3.39. The number of rotatable bonds is 8. The maximum Gasteiger partial charge on any atom is 0.253 e. The largest absolute Gasteiger partial charge is 0.421 e. The molecule has 1 amide bonds. The van der Waals surface area contributed by atoms with Crippen molar-refractivity contribution >= 4 is 23.4 Å². The van der Waals surface area contributed by atoms with Crippen LogP contribution in [-0.4, -0.2) is 44.8 Å². The molecule has 10 heteroatoms. The molecule has 4 aromatic rings. The number of aryl methyl sites for hydroxylation is 2. The van der Waals surface area contributed by atoms with E-state index in [1.807, 2.05) is 43.3 Å². The van der Waals surface area contributed by atoms with E-state index >= 15 is 0 Å². The van der Waals surface area contributed by atoms with Crippen molar-refractivity contribution in [1.82, 2.24) is 25.5 Å². The van der Waals surface area contributed by atoms with Gasteiger partial charge in [-0.15, -0.1) is 10.2 Å². The number of carbonyl (C=O) groups excluding carboxylic acids is 1. The van der Waals surface area contributed by atoms with Crippen LogP contribution in [0.2, 0.25) is 0 Å². The lowest BCUT2D eigenvalue weighted by Gasteiger charge is -2.19. The maximum absolute atomic E-state index is 12.0. The fourth-order valence-electron chi connectivity index (χ4n) is 3.46. The molecule has 4 N–H and O–H groups in total. The van der Waals surface area contributed by atoms with Crippen molar-refractivity contribution < 1.29 is 14.3 Å². The average molecular weight is 460 g/mol. The third-order valence-electron chi connectivity index (χ3n) is 5.19. The Kier molecular flexibility index (Phi) is 6.79. The first kappa shape index (κ1) is 22.9. The molecule has 0 aliphatic carbocycles.